The minimum atomic E-state index is -0.891. The molecule has 3 heterocycles. The Kier molecular flexibility index (Phi) is 3.80. The third-order valence-corrected chi connectivity index (χ3v) is 5.39. The van der Waals surface area contributed by atoms with Crippen LogP contribution in [0.15, 0.2) is 44.0 Å². The van der Waals surface area contributed by atoms with Crippen molar-refractivity contribution < 1.29 is 23.4 Å². The molecule has 1 unspecified atom stereocenters. The van der Waals surface area contributed by atoms with E-state index in [1.165, 1.54) is 18.2 Å². The van der Waals surface area contributed by atoms with E-state index in [9.17, 15) is 19.4 Å². The number of fused-ring (bicyclic) bond motifs is 5. The van der Waals surface area contributed by atoms with Crippen LogP contribution in [-0.2, 0) is 6.54 Å². The Bertz CT molecular complexity index is 1270. The normalized spacial score (nSPS) is 18.4. The standard InChI is InChI=1S/C21H18FNO5/c22-11-2-1-7-23(9-11)10-14-15(25)5-6-16-18(14)19-20(27-16)13-4-3-12(24)8-17(13)28-21(19)26/h3-6,8,11,24-25H,1-2,7,9-10H2. The Morgan fingerprint density at radius 2 is 1.96 bits per heavy atom. The maximum atomic E-state index is 13.8. The summed E-state index contributed by atoms with van der Waals surface area (Å²) in [6.07, 6.45) is 0.405. The predicted octanol–water partition coefficient (Wildman–Crippen LogP) is 4.04. The fourth-order valence-electron chi connectivity index (χ4n) is 4.09. The lowest BCUT2D eigenvalue weighted by molar-refractivity contribution is 0.132. The Balaban J connectivity index is 1.77. The van der Waals surface area contributed by atoms with Crippen LogP contribution in [0.2, 0.25) is 0 Å². The summed E-state index contributed by atoms with van der Waals surface area (Å²) in [5.74, 6) is 0.0108. The van der Waals surface area contributed by atoms with Crippen LogP contribution in [-0.4, -0.2) is 34.4 Å². The zero-order valence-corrected chi connectivity index (χ0v) is 14.9. The van der Waals surface area contributed by atoms with Gasteiger partial charge in [0.2, 0.25) is 0 Å². The van der Waals surface area contributed by atoms with Crippen molar-refractivity contribution in [1.29, 1.82) is 0 Å². The second-order valence-electron chi connectivity index (χ2n) is 7.29. The van der Waals surface area contributed by atoms with Gasteiger partial charge in [0.1, 0.15) is 34.2 Å². The molecule has 1 saturated heterocycles. The number of hydrogen-bond donors (Lipinski definition) is 2. The van der Waals surface area contributed by atoms with Gasteiger partial charge in [-0.25, -0.2) is 9.18 Å². The highest BCUT2D eigenvalue weighted by atomic mass is 19.1. The minimum absolute atomic E-state index is 0.0182. The first-order valence-corrected chi connectivity index (χ1v) is 9.20. The largest absolute Gasteiger partial charge is 0.508 e. The van der Waals surface area contributed by atoms with E-state index in [0.29, 0.717) is 47.0 Å². The topological polar surface area (TPSA) is 87.0 Å². The van der Waals surface area contributed by atoms with Crippen LogP contribution in [0.25, 0.3) is 32.9 Å². The highest BCUT2D eigenvalue weighted by Gasteiger charge is 2.24. The SMILES string of the molecule is O=c1oc2cc(O)ccc2c2oc3ccc(O)c(CN4CCCC(F)C4)c3c12. The first kappa shape index (κ1) is 17.1. The number of rotatable bonds is 2. The summed E-state index contributed by atoms with van der Waals surface area (Å²) in [6, 6.07) is 7.59. The van der Waals surface area contributed by atoms with Gasteiger partial charge in [-0.05, 0) is 43.7 Å². The van der Waals surface area contributed by atoms with Gasteiger partial charge in [-0.15, -0.1) is 0 Å². The van der Waals surface area contributed by atoms with Crippen LogP contribution in [0.3, 0.4) is 0 Å². The van der Waals surface area contributed by atoms with Gasteiger partial charge in [0.15, 0.2) is 5.58 Å². The molecule has 2 N–H and O–H groups in total. The van der Waals surface area contributed by atoms with Crippen LogP contribution in [0.5, 0.6) is 11.5 Å². The van der Waals surface area contributed by atoms with Gasteiger partial charge in [-0.3, -0.25) is 4.90 Å². The summed E-state index contributed by atoms with van der Waals surface area (Å²) in [5, 5.41) is 21.4. The number of phenolic OH excluding ortho intramolecular Hbond substituents is 2. The van der Waals surface area contributed by atoms with Crippen molar-refractivity contribution in [2.45, 2.75) is 25.6 Å². The number of alkyl halides is 1. The van der Waals surface area contributed by atoms with E-state index in [2.05, 4.69) is 0 Å². The molecule has 7 heteroatoms. The molecule has 1 fully saturated rings. The smallest absolute Gasteiger partial charge is 0.348 e. The Labute approximate surface area is 158 Å². The van der Waals surface area contributed by atoms with Crippen molar-refractivity contribution in [3.8, 4) is 11.5 Å². The van der Waals surface area contributed by atoms with Crippen LogP contribution in [0.1, 0.15) is 18.4 Å². The van der Waals surface area contributed by atoms with Gasteiger partial charge in [-0.2, -0.15) is 0 Å². The molecule has 1 aliphatic heterocycles. The first-order valence-electron chi connectivity index (χ1n) is 9.20. The summed E-state index contributed by atoms with van der Waals surface area (Å²) in [4.78, 5) is 14.7. The number of likely N-dealkylation sites (tertiary alicyclic amines) is 1. The molecule has 4 aromatic rings. The molecule has 5 rings (SSSR count). The van der Waals surface area contributed by atoms with Crippen molar-refractivity contribution >= 4 is 32.9 Å². The molecule has 1 atom stereocenters. The summed E-state index contributed by atoms with van der Waals surface area (Å²) < 4.78 is 25.1. The summed E-state index contributed by atoms with van der Waals surface area (Å²) in [5.41, 5.74) is 0.926. The number of hydrogen-bond acceptors (Lipinski definition) is 6. The maximum absolute atomic E-state index is 13.8. The monoisotopic (exact) mass is 383 g/mol. The molecular formula is C21H18FNO5. The van der Waals surface area contributed by atoms with E-state index in [1.807, 2.05) is 4.90 Å². The van der Waals surface area contributed by atoms with Crippen molar-refractivity contribution in [2.24, 2.45) is 0 Å². The average Bonchev–Trinajstić information content (AvgIpc) is 3.04. The second-order valence-corrected chi connectivity index (χ2v) is 7.29. The fraction of sp³-hybridized carbons (Fsp3) is 0.286. The molecule has 0 aliphatic carbocycles. The molecule has 144 valence electrons. The van der Waals surface area contributed by atoms with Crippen LogP contribution in [0.4, 0.5) is 4.39 Å². The maximum Gasteiger partial charge on any atom is 0.348 e. The molecule has 0 bridgehead atoms. The number of phenols is 2. The Morgan fingerprint density at radius 3 is 2.79 bits per heavy atom. The minimum Gasteiger partial charge on any atom is -0.508 e. The molecule has 0 radical (unpaired) electrons. The van der Waals surface area contributed by atoms with Crippen molar-refractivity contribution in [3.63, 3.8) is 0 Å². The van der Waals surface area contributed by atoms with E-state index in [1.54, 1.807) is 12.1 Å². The molecular weight excluding hydrogens is 365 g/mol. The third-order valence-electron chi connectivity index (χ3n) is 5.39. The second kappa shape index (κ2) is 6.24. The number of aromatic hydroxyl groups is 2. The van der Waals surface area contributed by atoms with Crippen molar-refractivity contribution in [2.75, 3.05) is 13.1 Å². The molecule has 0 spiro atoms. The van der Waals surface area contributed by atoms with E-state index < -0.39 is 11.8 Å². The van der Waals surface area contributed by atoms with Crippen LogP contribution in [0, 0.1) is 0 Å². The van der Waals surface area contributed by atoms with Crippen molar-refractivity contribution in [3.05, 3.63) is 46.3 Å². The number of piperidine rings is 1. The third kappa shape index (κ3) is 2.62. The quantitative estimate of drug-likeness (QED) is 0.508. The molecule has 6 nitrogen and oxygen atoms in total. The summed E-state index contributed by atoms with van der Waals surface area (Å²) in [7, 11) is 0. The van der Waals surface area contributed by atoms with Crippen LogP contribution < -0.4 is 5.63 Å². The lowest BCUT2D eigenvalue weighted by Crippen LogP contribution is -2.35. The zero-order chi connectivity index (χ0) is 19.4. The molecule has 1 aliphatic rings. The van der Waals surface area contributed by atoms with Crippen LogP contribution >= 0.6 is 0 Å². The van der Waals surface area contributed by atoms with E-state index in [0.717, 1.165) is 13.0 Å². The summed E-state index contributed by atoms with van der Waals surface area (Å²) in [6.45, 7) is 1.33. The highest BCUT2D eigenvalue weighted by Crippen LogP contribution is 2.38. The molecule has 0 saturated carbocycles. The molecule has 2 aromatic carbocycles. The van der Waals surface area contributed by atoms with Gasteiger partial charge in [0.05, 0.1) is 5.39 Å². The van der Waals surface area contributed by atoms with Crippen molar-refractivity contribution in [1.82, 2.24) is 4.90 Å². The van der Waals surface area contributed by atoms with E-state index >= 15 is 0 Å². The number of benzene rings is 2. The van der Waals surface area contributed by atoms with E-state index in [4.69, 9.17) is 8.83 Å². The zero-order valence-electron chi connectivity index (χ0n) is 14.9. The number of furan rings is 1. The Morgan fingerprint density at radius 1 is 1.11 bits per heavy atom. The van der Waals surface area contributed by atoms with Gasteiger partial charge in [0.25, 0.3) is 0 Å². The average molecular weight is 383 g/mol. The number of nitrogens with zero attached hydrogens (tertiary/aromatic N) is 1. The van der Waals surface area contributed by atoms with Gasteiger partial charge < -0.3 is 19.0 Å². The van der Waals surface area contributed by atoms with Gasteiger partial charge in [-0.1, -0.05) is 0 Å². The van der Waals surface area contributed by atoms with Gasteiger partial charge in [0, 0.05) is 30.1 Å². The fourth-order valence-corrected chi connectivity index (χ4v) is 4.09. The lowest BCUT2D eigenvalue weighted by Gasteiger charge is -2.29. The van der Waals surface area contributed by atoms with Gasteiger partial charge >= 0.3 is 5.63 Å². The molecule has 0 amide bonds. The number of halogens is 1. The first-order chi connectivity index (χ1) is 13.5. The Hall–Kier alpha value is -3.06. The summed E-state index contributed by atoms with van der Waals surface area (Å²) >= 11 is 0. The molecule has 28 heavy (non-hydrogen) atoms. The highest BCUT2D eigenvalue weighted by molar-refractivity contribution is 6.14. The molecule has 2 aromatic heterocycles. The lowest BCUT2D eigenvalue weighted by atomic mass is 10.0. The predicted molar refractivity (Wildman–Crippen MR) is 102 cm³/mol. The van der Waals surface area contributed by atoms with E-state index in [-0.39, 0.29) is 22.5 Å².